The van der Waals surface area contributed by atoms with Crippen molar-refractivity contribution < 1.29 is 95.2 Å². The molecule has 0 radical (unpaired) electrons. The molecule has 2 aliphatic rings. The Morgan fingerprint density at radius 3 is 0.917 bits per heavy atom. The quantitative estimate of drug-likeness (QED) is 0.184. The van der Waals surface area contributed by atoms with Crippen LogP contribution in [0, 0.1) is 0 Å². The Bertz CT molecular complexity index is 1740. The highest BCUT2D eigenvalue weighted by atomic mass is 16.7. The third-order valence-corrected chi connectivity index (χ3v) is 8.44. The zero-order valence-corrected chi connectivity index (χ0v) is 34.0. The second kappa shape index (κ2) is 21.1. The molecule has 2 saturated heterocycles. The molecule has 0 unspecified atom stereocenters. The van der Waals surface area contributed by atoms with Crippen molar-refractivity contribution in [2.45, 2.75) is 117 Å². The smallest absolute Gasteiger partial charge is 0.303 e. The van der Waals surface area contributed by atoms with Crippen LogP contribution >= 0.6 is 0 Å². The van der Waals surface area contributed by atoms with E-state index >= 15 is 0 Å². The van der Waals surface area contributed by atoms with E-state index in [-0.39, 0.29) is 11.5 Å². The minimum Gasteiger partial charge on any atom is -0.463 e. The molecular weight excluding hydrogens is 800 g/mol. The van der Waals surface area contributed by atoms with Crippen LogP contribution in [0.25, 0.3) is 11.1 Å². The Morgan fingerprint density at radius 2 is 0.650 bits per heavy atom. The van der Waals surface area contributed by atoms with Crippen molar-refractivity contribution in [3.05, 3.63) is 48.5 Å². The number of benzene rings is 2. The molecular formula is C40H46O20. The second-order valence-corrected chi connectivity index (χ2v) is 13.4. The molecule has 0 aliphatic carbocycles. The average Bonchev–Trinajstić information content (AvgIpc) is 3.14. The first-order valence-electron chi connectivity index (χ1n) is 18.5. The summed E-state index contributed by atoms with van der Waals surface area (Å²) in [5.41, 5.74) is 1.37. The van der Waals surface area contributed by atoms with E-state index in [1.54, 1.807) is 48.5 Å². The van der Waals surface area contributed by atoms with Crippen LogP contribution < -0.4 is 9.47 Å². The van der Waals surface area contributed by atoms with Crippen LogP contribution in [0.1, 0.15) is 55.4 Å². The van der Waals surface area contributed by atoms with E-state index < -0.39 is 122 Å². The van der Waals surface area contributed by atoms with E-state index in [1.165, 1.54) is 0 Å². The van der Waals surface area contributed by atoms with Gasteiger partial charge in [0.25, 0.3) is 0 Å². The van der Waals surface area contributed by atoms with Crippen LogP contribution in [0.15, 0.2) is 48.5 Å². The predicted molar refractivity (Wildman–Crippen MR) is 197 cm³/mol. The lowest BCUT2D eigenvalue weighted by Gasteiger charge is -2.43. The normalized spacial score (nSPS) is 25.9. The lowest BCUT2D eigenvalue weighted by Crippen LogP contribution is -2.63. The lowest BCUT2D eigenvalue weighted by atomic mass is 9.98. The van der Waals surface area contributed by atoms with Gasteiger partial charge < -0.3 is 56.8 Å². The molecule has 326 valence electrons. The van der Waals surface area contributed by atoms with E-state index in [4.69, 9.17) is 56.8 Å². The first-order chi connectivity index (χ1) is 28.3. The molecule has 20 nitrogen and oxygen atoms in total. The zero-order chi connectivity index (χ0) is 44.3. The minimum atomic E-state index is -1.44. The maximum absolute atomic E-state index is 12.2. The molecule has 20 heteroatoms. The van der Waals surface area contributed by atoms with Gasteiger partial charge >= 0.3 is 47.8 Å². The van der Waals surface area contributed by atoms with Crippen molar-refractivity contribution in [3.63, 3.8) is 0 Å². The topological polar surface area (TPSA) is 247 Å². The van der Waals surface area contributed by atoms with E-state index in [2.05, 4.69) is 0 Å². The molecule has 0 aromatic heterocycles. The van der Waals surface area contributed by atoms with Crippen LogP contribution in [0.2, 0.25) is 0 Å². The fourth-order valence-corrected chi connectivity index (χ4v) is 6.29. The highest BCUT2D eigenvalue weighted by Gasteiger charge is 2.55. The van der Waals surface area contributed by atoms with Crippen LogP contribution in [0.5, 0.6) is 11.5 Å². The molecule has 10 atom stereocenters. The molecule has 2 aliphatic heterocycles. The Morgan fingerprint density at radius 1 is 0.383 bits per heavy atom. The first-order valence-corrected chi connectivity index (χ1v) is 18.5. The molecule has 2 heterocycles. The maximum atomic E-state index is 12.2. The Kier molecular flexibility index (Phi) is 16.3. The number of rotatable bonds is 15. The van der Waals surface area contributed by atoms with Crippen molar-refractivity contribution in [1.82, 2.24) is 0 Å². The molecule has 2 fully saturated rings. The van der Waals surface area contributed by atoms with Crippen molar-refractivity contribution >= 4 is 47.8 Å². The highest BCUT2D eigenvalue weighted by molar-refractivity contribution is 5.70. The summed E-state index contributed by atoms with van der Waals surface area (Å²) < 4.78 is 67.0. The molecule has 0 saturated carbocycles. The van der Waals surface area contributed by atoms with Gasteiger partial charge in [-0.05, 0) is 35.4 Å². The standard InChI is InChI=1S/C40H46O20/c1-19(41)49-17-31-33(51-21(3)43)35(53-23(5)45)37(55-25(7)47)39(59-31)57-29-13-9-27(10-14-29)28-11-15-30(16-12-28)58-40-38(56-26(8)48)36(54-24(6)46)34(52-22(4)44)32(60-40)18-50-20(2)42/h9-16,31-40H,17-18H2,1-8H3/t31-,32-,33-,34-,35+,36+,37-,38-,39-,40-/m1/s1. The molecule has 2 aromatic rings. The first kappa shape index (κ1) is 46.4. The van der Waals surface area contributed by atoms with E-state index in [9.17, 15) is 38.4 Å². The molecule has 0 bridgehead atoms. The molecule has 4 rings (SSSR count). The van der Waals surface area contributed by atoms with Crippen molar-refractivity contribution in [2.75, 3.05) is 13.2 Å². The van der Waals surface area contributed by atoms with Crippen LogP contribution in [-0.4, -0.2) is 122 Å². The predicted octanol–water partition coefficient (Wildman–Crippen LogP) is 2.28. The number of carbonyl (C=O) groups excluding carboxylic acids is 8. The summed E-state index contributed by atoms with van der Waals surface area (Å²) in [7, 11) is 0. The molecule has 2 aromatic carbocycles. The van der Waals surface area contributed by atoms with Gasteiger partial charge in [-0.2, -0.15) is 0 Å². The fraction of sp³-hybridized carbons (Fsp3) is 0.500. The monoisotopic (exact) mass is 846 g/mol. The summed E-state index contributed by atoms with van der Waals surface area (Å²) in [5.74, 6) is -5.61. The zero-order valence-electron chi connectivity index (χ0n) is 34.0. The summed E-state index contributed by atoms with van der Waals surface area (Å²) in [6.07, 6.45) is -13.7. The molecule has 0 spiro atoms. The van der Waals surface area contributed by atoms with Gasteiger partial charge in [-0.1, -0.05) is 24.3 Å². The fourth-order valence-electron chi connectivity index (χ4n) is 6.29. The minimum absolute atomic E-state index is 0.211. The highest BCUT2D eigenvalue weighted by Crippen LogP contribution is 2.34. The van der Waals surface area contributed by atoms with Gasteiger partial charge in [0.2, 0.25) is 24.8 Å². The summed E-state index contributed by atoms with van der Waals surface area (Å²) in [6.45, 7) is 8.13. The maximum Gasteiger partial charge on any atom is 0.303 e. The summed E-state index contributed by atoms with van der Waals surface area (Å²) in [4.78, 5) is 96.1. The van der Waals surface area contributed by atoms with E-state index in [1.807, 2.05) is 0 Å². The Labute approximate surface area is 343 Å². The molecule has 60 heavy (non-hydrogen) atoms. The van der Waals surface area contributed by atoms with E-state index in [0.717, 1.165) is 55.4 Å². The van der Waals surface area contributed by atoms with Gasteiger partial charge in [0.15, 0.2) is 24.4 Å². The van der Waals surface area contributed by atoms with Crippen LogP contribution in [-0.2, 0) is 85.7 Å². The van der Waals surface area contributed by atoms with Gasteiger partial charge in [-0.3, -0.25) is 38.4 Å². The summed E-state index contributed by atoms with van der Waals surface area (Å²) in [6, 6.07) is 13.1. The van der Waals surface area contributed by atoms with Crippen molar-refractivity contribution in [2.24, 2.45) is 0 Å². The van der Waals surface area contributed by atoms with Crippen molar-refractivity contribution in [1.29, 1.82) is 0 Å². The summed E-state index contributed by atoms with van der Waals surface area (Å²) in [5, 5.41) is 0. The van der Waals surface area contributed by atoms with Gasteiger partial charge in [0.1, 0.15) is 36.9 Å². The molecule has 0 amide bonds. The average molecular weight is 847 g/mol. The van der Waals surface area contributed by atoms with Crippen LogP contribution in [0.3, 0.4) is 0 Å². The number of hydrogen-bond acceptors (Lipinski definition) is 20. The number of hydrogen-bond donors (Lipinski definition) is 0. The Hall–Kier alpha value is -6.28. The van der Waals surface area contributed by atoms with Gasteiger partial charge in [0.05, 0.1) is 0 Å². The van der Waals surface area contributed by atoms with Gasteiger partial charge in [-0.25, -0.2) is 0 Å². The van der Waals surface area contributed by atoms with Gasteiger partial charge in [-0.15, -0.1) is 0 Å². The van der Waals surface area contributed by atoms with Gasteiger partial charge in [0, 0.05) is 55.4 Å². The molecule has 0 N–H and O–H groups in total. The van der Waals surface area contributed by atoms with Crippen molar-refractivity contribution in [3.8, 4) is 22.6 Å². The van der Waals surface area contributed by atoms with Crippen LogP contribution in [0.4, 0.5) is 0 Å². The number of ether oxygens (including phenoxy) is 12. The largest absolute Gasteiger partial charge is 0.463 e. The Balaban J connectivity index is 1.57. The summed E-state index contributed by atoms with van der Waals surface area (Å²) >= 11 is 0. The third kappa shape index (κ3) is 13.4. The lowest BCUT2D eigenvalue weighted by molar-refractivity contribution is -0.288. The number of carbonyl (C=O) groups is 8. The second-order valence-electron chi connectivity index (χ2n) is 13.4. The third-order valence-electron chi connectivity index (χ3n) is 8.44. The number of esters is 8. The SMILES string of the molecule is CC(=O)OC[C@H]1O[C@@H](Oc2ccc(-c3ccc(O[C@@H]4O[C@H](COC(C)=O)[C@@H](OC(C)=O)[C@H](OC(C)=O)[C@H]4OC(C)=O)cc3)cc2)[C@H](OC(C)=O)[C@@H](OC(C)=O)[C@@H]1OC(C)=O. The van der Waals surface area contributed by atoms with E-state index in [0.29, 0.717) is 11.1 Å².